The van der Waals surface area contributed by atoms with E-state index in [1.165, 1.54) is 25.3 Å². The summed E-state index contributed by atoms with van der Waals surface area (Å²) in [5, 5.41) is 13.6. The van der Waals surface area contributed by atoms with Crippen molar-refractivity contribution in [1.29, 1.82) is 0 Å². The number of carbonyl (C=O) groups is 3. The third-order valence-electron chi connectivity index (χ3n) is 2.42. The number of carbonyl (C=O) groups excluding carboxylic acids is 2. The lowest BCUT2D eigenvalue weighted by Crippen LogP contribution is -2.45. The van der Waals surface area contributed by atoms with Gasteiger partial charge in [-0.25, -0.2) is 9.59 Å². The third-order valence-corrected chi connectivity index (χ3v) is 2.71. The second kappa shape index (κ2) is 7.34. The molecule has 0 aliphatic heterocycles. The Labute approximate surface area is 125 Å². The first kappa shape index (κ1) is 16.6. The Bertz CT molecular complexity index is 564. The first-order valence-electron chi connectivity index (χ1n) is 5.75. The number of methoxy groups -OCH3 is 1. The Hall–Kier alpha value is -2.48. The number of nitrogens with two attached hydrogens (primary N) is 1. The molecule has 0 saturated carbocycles. The smallest absolute Gasteiger partial charge is 0.326 e. The molecule has 0 aliphatic carbocycles. The second-order valence-electron chi connectivity index (χ2n) is 4.01. The van der Waals surface area contributed by atoms with Gasteiger partial charge in [0.2, 0.25) is 5.91 Å². The number of ether oxygens (including phenoxy) is 1. The summed E-state index contributed by atoms with van der Waals surface area (Å²) in [5.41, 5.74) is 5.24. The van der Waals surface area contributed by atoms with Gasteiger partial charge in [0.25, 0.3) is 0 Å². The van der Waals surface area contributed by atoms with Crippen LogP contribution in [-0.4, -0.2) is 36.2 Å². The molecule has 0 aromatic heterocycles. The molecule has 8 nitrogen and oxygen atoms in total. The SMILES string of the molecule is COc1ccc(NC(=O)NC(CC(N)=O)C(=O)O)cc1Cl. The van der Waals surface area contributed by atoms with Crippen LogP contribution in [0, 0.1) is 0 Å². The van der Waals surface area contributed by atoms with Crippen LogP contribution in [0.4, 0.5) is 10.5 Å². The molecular formula is C12H14ClN3O5. The first-order chi connectivity index (χ1) is 9.83. The maximum Gasteiger partial charge on any atom is 0.326 e. The van der Waals surface area contributed by atoms with Crippen molar-refractivity contribution < 1.29 is 24.2 Å². The van der Waals surface area contributed by atoms with E-state index >= 15 is 0 Å². The summed E-state index contributed by atoms with van der Waals surface area (Å²) in [4.78, 5) is 33.3. The fourth-order valence-corrected chi connectivity index (χ4v) is 1.73. The zero-order valence-electron chi connectivity index (χ0n) is 11.1. The van der Waals surface area contributed by atoms with Crippen molar-refractivity contribution in [3.05, 3.63) is 23.2 Å². The number of primary amides is 1. The number of carboxylic acids is 1. The maximum atomic E-state index is 11.7. The van der Waals surface area contributed by atoms with Crippen molar-refractivity contribution in [1.82, 2.24) is 5.32 Å². The molecule has 0 aliphatic rings. The molecule has 3 amide bonds. The van der Waals surface area contributed by atoms with Crippen molar-refractivity contribution in [2.75, 3.05) is 12.4 Å². The molecule has 1 atom stereocenters. The van der Waals surface area contributed by atoms with Crippen LogP contribution in [-0.2, 0) is 9.59 Å². The Morgan fingerprint density at radius 2 is 2.10 bits per heavy atom. The molecule has 0 saturated heterocycles. The van der Waals surface area contributed by atoms with E-state index in [4.69, 9.17) is 27.2 Å². The van der Waals surface area contributed by atoms with Gasteiger partial charge in [-0.15, -0.1) is 0 Å². The summed E-state index contributed by atoms with van der Waals surface area (Å²) in [6.07, 6.45) is -0.508. The number of nitrogens with one attached hydrogen (secondary N) is 2. The van der Waals surface area contributed by atoms with E-state index < -0.39 is 30.4 Å². The van der Waals surface area contributed by atoms with E-state index in [9.17, 15) is 14.4 Å². The Kier molecular flexibility index (Phi) is 5.79. The lowest BCUT2D eigenvalue weighted by atomic mass is 10.2. The molecule has 5 N–H and O–H groups in total. The summed E-state index contributed by atoms with van der Waals surface area (Å²) in [7, 11) is 1.45. The molecule has 114 valence electrons. The minimum absolute atomic E-state index is 0.280. The van der Waals surface area contributed by atoms with Crippen LogP contribution in [0.1, 0.15) is 6.42 Å². The van der Waals surface area contributed by atoms with Gasteiger partial charge in [0, 0.05) is 5.69 Å². The van der Waals surface area contributed by atoms with E-state index in [2.05, 4.69) is 10.6 Å². The van der Waals surface area contributed by atoms with Crippen molar-refractivity contribution in [3.63, 3.8) is 0 Å². The average molecular weight is 316 g/mol. The molecule has 0 spiro atoms. The highest BCUT2D eigenvalue weighted by Crippen LogP contribution is 2.27. The Morgan fingerprint density at radius 1 is 1.43 bits per heavy atom. The fourth-order valence-electron chi connectivity index (χ4n) is 1.47. The quantitative estimate of drug-likeness (QED) is 0.616. The van der Waals surface area contributed by atoms with Gasteiger partial charge >= 0.3 is 12.0 Å². The molecule has 0 radical (unpaired) electrons. The number of urea groups is 1. The highest BCUT2D eigenvalue weighted by Gasteiger charge is 2.22. The summed E-state index contributed by atoms with van der Waals surface area (Å²) in [6.45, 7) is 0. The van der Waals surface area contributed by atoms with E-state index in [-0.39, 0.29) is 5.02 Å². The summed E-state index contributed by atoms with van der Waals surface area (Å²) in [5.74, 6) is -1.77. The highest BCUT2D eigenvalue weighted by atomic mass is 35.5. The van der Waals surface area contributed by atoms with Crippen molar-refractivity contribution >= 4 is 35.2 Å². The monoisotopic (exact) mass is 315 g/mol. The number of hydrogen-bond donors (Lipinski definition) is 4. The Balaban J connectivity index is 2.69. The zero-order valence-corrected chi connectivity index (χ0v) is 11.8. The number of amides is 3. The number of benzene rings is 1. The third kappa shape index (κ3) is 5.19. The molecule has 1 rings (SSSR count). The predicted octanol–water partition coefficient (Wildman–Crippen LogP) is 0.799. The predicted molar refractivity (Wildman–Crippen MR) is 75.4 cm³/mol. The first-order valence-corrected chi connectivity index (χ1v) is 6.13. The van der Waals surface area contributed by atoms with Gasteiger partial charge in [0.05, 0.1) is 18.6 Å². The minimum atomic E-state index is -1.41. The molecule has 0 fully saturated rings. The largest absolute Gasteiger partial charge is 0.495 e. The van der Waals surface area contributed by atoms with Crippen LogP contribution < -0.4 is 21.1 Å². The van der Waals surface area contributed by atoms with Crippen molar-refractivity contribution in [2.24, 2.45) is 5.73 Å². The molecule has 0 bridgehead atoms. The van der Waals surface area contributed by atoms with Gasteiger partial charge in [-0.1, -0.05) is 11.6 Å². The number of anilines is 1. The number of hydrogen-bond acceptors (Lipinski definition) is 4. The van der Waals surface area contributed by atoms with Crippen LogP contribution in [0.15, 0.2) is 18.2 Å². The number of carboxylic acid groups (broad SMARTS) is 1. The van der Waals surface area contributed by atoms with Crippen LogP contribution in [0.3, 0.4) is 0 Å². The molecule has 1 unspecified atom stereocenters. The molecule has 21 heavy (non-hydrogen) atoms. The van der Waals surface area contributed by atoms with Gasteiger partial charge in [0.1, 0.15) is 11.8 Å². The molecule has 1 aromatic carbocycles. The average Bonchev–Trinajstić information content (AvgIpc) is 2.37. The summed E-state index contributed by atoms with van der Waals surface area (Å²) in [6, 6.07) is 2.29. The lowest BCUT2D eigenvalue weighted by Gasteiger charge is -2.14. The number of aliphatic carboxylic acids is 1. The van der Waals surface area contributed by atoms with Gasteiger partial charge in [-0.3, -0.25) is 4.79 Å². The molecule has 1 aromatic rings. The van der Waals surface area contributed by atoms with Gasteiger partial charge in [-0.2, -0.15) is 0 Å². The minimum Gasteiger partial charge on any atom is -0.495 e. The molecule has 9 heteroatoms. The van der Waals surface area contributed by atoms with Crippen LogP contribution in [0.5, 0.6) is 5.75 Å². The van der Waals surface area contributed by atoms with E-state index in [0.717, 1.165) is 0 Å². The maximum absolute atomic E-state index is 11.7. The van der Waals surface area contributed by atoms with Crippen LogP contribution in [0.25, 0.3) is 0 Å². The fraction of sp³-hybridized carbons (Fsp3) is 0.250. The van der Waals surface area contributed by atoms with E-state index in [1.54, 1.807) is 0 Å². The van der Waals surface area contributed by atoms with Crippen molar-refractivity contribution in [3.8, 4) is 5.75 Å². The molecule has 0 heterocycles. The number of halogens is 1. The highest BCUT2D eigenvalue weighted by molar-refractivity contribution is 6.32. The van der Waals surface area contributed by atoms with Gasteiger partial charge < -0.3 is 26.2 Å². The van der Waals surface area contributed by atoms with Gasteiger partial charge in [-0.05, 0) is 18.2 Å². The van der Waals surface area contributed by atoms with Gasteiger partial charge in [0.15, 0.2) is 0 Å². The lowest BCUT2D eigenvalue weighted by molar-refractivity contribution is -0.140. The molecular weight excluding hydrogens is 302 g/mol. The zero-order chi connectivity index (χ0) is 16.0. The standard InChI is InChI=1S/C12H14ClN3O5/c1-21-9-3-2-6(4-7(9)13)15-12(20)16-8(11(18)19)5-10(14)17/h2-4,8H,5H2,1H3,(H2,14,17)(H,18,19)(H2,15,16,20). The normalized spacial score (nSPS) is 11.3. The second-order valence-corrected chi connectivity index (χ2v) is 4.42. The Morgan fingerprint density at radius 3 is 2.57 bits per heavy atom. The topological polar surface area (TPSA) is 131 Å². The number of rotatable bonds is 6. The summed E-state index contributed by atoms with van der Waals surface area (Å²) >= 11 is 5.89. The van der Waals surface area contributed by atoms with Crippen LogP contribution in [0.2, 0.25) is 5.02 Å². The van der Waals surface area contributed by atoms with E-state index in [0.29, 0.717) is 11.4 Å². The summed E-state index contributed by atoms with van der Waals surface area (Å²) < 4.78 is 4.96. The van der Waals surface area contributed by atoms with Crippen molar-refractivity contribution in [2.45, 2.75) is 12.5 Å². The van der Waals surface area contributed by atoms with Crippen LogP contribution >= 0.6 is 11.6 Å². The van der Waals surface area contributed by atoms with E-state index in [1.807, 2.05) is 0 Å².